The maximum Gasteiger partial charge on any atom is 0.257 e. The van der Waals surface area contributed by atoms with E-state index in [0.29, 0.717) is 15.6 Å². The zero-order chi connectivity index (χ0) is 22.0. The van der Waals surface area contributed by atoms with E-state index in [1.807, 2.05) is 78.2 Å². The Hall–Kier alpha value is -3.21. The van der Waals surface area contributed by atoms with Crippen molar-refractivity contribution >= 4 is 34.8 Å². The first-order valence-corrected chi connectivity index (χ1v) is 10.4. The number of hydrogen-bond acceptors (Lipinski definition) is 2. The number of hydrogen-bond donors (Lipinski definition) is 1. The largest absolute Gasteiger partial charge is 0.497 e. The van der Waals surface area contributed by atoms with Crippen LogP contribution in [0.25, 0.3) is 16.9 Å². The summed E-state index contributed by atoms with van der Waals surface area (Å²) in [6.07, 6.45) is 0. The summed E-state index contributed by atoms with van der Waals surface area (Å²) in [6.45, 7) is 1.91. The van der Waals surface area contributed by atoms with Crippen molar-refractivity contribution in [1.82, 2.24) is 4.57 Å². The quantitative estimate of drug-likeness (QED) is 0.354. The van der Waals surface area contributed by atoms with E-state index in [9.17, 15) is 4.79 Å². The third-order valence-corrected chi connectivity index (χ3v) is 5.61. The number of rotatable bonds is 5. The third-order valence-electron chi connectivity index (χ3n) is 5.06. The average Bonchev–Trinajstić information content (AvgIpc) is 3.11. The Morgan fingerprint density at radius 1 is 0.935 bits per heavy atom. The molecule has 4 aromatic rings. The van der Waals surface area contributed by atoms with Crippen LogP contribution < -0.4 is 10.1 Å². The number of amides is 1. The Morgan fingerprint density at radius 2 is 1.65 bits per heavy atom. The lowest BCUT2D eigenvalue weighted by molar-refractivity contribution is 0.102. The number of ether oxygens (including phenoxy) is 1. The van der Waals surface area contributed by atoms with Crippen LogP contribution in [0.2, 0.25) is 10.0 Å². The summed E-state index contributed by atoms with van der Waals surface area (Å²) < 4.78 is 7.29. The van der Waals surface area contributed by atoms with Crippen LogP contribution in [0.5, 0.6) is 5.75 Å². The van der Waals surface area contributed by atoms with Gasteiger partial charge in [0.15, 0.2) is 0 Å². The number of halogens is 2. The van der Waals surface area contributed by atoms with E-state index in [1.165, 1.54) is 0 Å². The summed E-state index contributed by atoms with van der Waals surface area (Å²) in [4.78, 5) is 13.1. The molecule has 0 bridgehead atoms. The molecule has 4 nitrogen and oxygen atoms in total. The van der Waals surface area contributed by atoms with Gasteiger partial charge in [-0.2, -0.15) is 0 Å². The molecule has 6 heteroatoms. The van der Waals surface area contributed by atoms with Gasteiger partial charge in [0.2, 0.25) is 0 Å². The highest BCUT2D eigenvalue weighted by molar-refractivity contribution is 6.36. The number of methoxy groups -OCH3 is 1. The fraction of sp³-hybridized carbons (Fsp3) is 0.0800. The number of carbonyl (C=O) groups is 1. The predicted octanol–water partition coefficient (Wildman–Crippen LogP) is 7.02. The molecule has 1 heterocycles. The Kier molecular flexibility index (Phi) is 6.03. The monoisotopic (exact) mass is 450 g/mol. The van der Waals surface area contributed by atoms with E-state index in [1.54, 1.807) is 19.2 Å². The molecule has 0 aliphatic rings. The van der Waals surface area contributed by atoms with Crippen LogP contribution in [0.15, 0.2) is 78.9 Å². The minimum atomic E-state index is -0.192. The zero-order valence-electron chi connectivity index (χ0n) is 17.0. The topological polar surface area (TPSA) is 43.3 Å². The summed E-state index contributed by atoms with van der Waals surface area (Å²) in [7, 11) is 1.63. The standard InChI is InChI=1S/C25H20Cl2N2O2/c1-16-22(25(30)28-18-6-4-3-5-7-18)15-24(21-13-8-17(26)14-23(21)27)29(16)19-9-11-20(31-2)12-10-19/h3-15H,1-2H3,(H,28,30). The Bertz CT molecular complexity index is 1230. The van der Waals surface area contributed by atoms with Gasteiger partial charge in [-0.15, -0.1) is 0 Å². The smallest absolute Gasteiger partial charge is 0.257 e. The van der Waals surface area contributed by atoms with Gasteiger partial charge in [0.1, 0.15) is 5.75 Å². The number of nitrogens with zero attached hydrogens (tertiary/aromatic N) is 1. The number of nitrogens with one attached hydrogen (secondary N) is 1. The molecule has 0 aliphatic carbocycles. The highest BCUT2D eigenvalue weighted by Crippen LogP contribution is 2.35. The molecule has 0 atom stereocenters. The van der Waals surface area contributed by atoms with Gasteiger partial charge in [0, 0.05) is 27.7 Å². The predicted molar refractivity (Wildman–Crippen MR) is 127 cm³/mol. The molecular formula is C25H20Cl2N2O2. The van der Waals surface area contributed by atoms with Crippen LogP contribution in [0.4, 0.5) is 5.69 Å². The van der Waals surface area contributed by atoms with E-state index in [-0.39, 0.29) is 5.91 Å². The fourth-order valence-corrected chi connectivity index (χ4v) is 4.02. The number of para-hydroxylation sites is 1. The molecule has 0 saturated carbocycles. The second kappa shape index (κ2) is 8.88. The van der Waals surface area contributed by atoms with E-state index in [2.05, 4.69) is 5.32 Å². The summed E-state index contributed by atoms with van der Waals surface area (Å²) >= 11 is 12.6. The van der Waals surface area contributed by atoms with Gasteiger partial charge in [-0.25, -0.2) is 0 Å². The van der Waals surface area contributed by atoms with Gasteiger partial charge in [0.25, 0.3) is 5.91 Å². The molecule has 0 aliphatic heterocycles. The fourth-order valence-electron chi connectivity index (χ4n) is 3.52. The summed E-state index contributed by atoms with van der Waals surface area (Å²) in [6, 6.07) is 24.2. The lowest BCUT2D eigenvalue weighted by atomic mass is 10.1. The molecule has 0 spiro atoms. The normalized spacial score (nSPS) is 10.7. The van der Waals surface area contributed by atoms with Crippen LogP contribution in [0, 0.1) is 6.92 Å². The molecule has 156 valence electrons. The van der Waals surface area contributed by atoms with Crippen molar-refractivity contribution in [2.24, 2.45) is 0 Å². The molecule has 3 aromatic carbocycles. The third kappa shape index (κ3) is 4.31. The molecule has 0 unspecified atom stereocenters. The van der Waals surface area contributed by atoms with E-state index < -0.39 is 0 Å². The van der Waals surface area contributed by atoms with Gasteiger partial charge in [0.05, 0.1) is 23.4 Å². The van der Waals surface area contributed by atoms with Gasteiger partial charge >= 0.3 is 0 Å². The first-order valence-electron chi connectivity index (χ1n) is 9.66. The first kappa shape index (κ1) is 21.0. The molecule has 1 amide bonds. The first-order chi connectivity index (χ1) is 15.0. The van der Waals surface area contributed by atoms with Crippen LogP contribution in [-0.4, -0.2) is 17.6 Å². The van der Waals surface area contributed by atoms with Gasteiger partial charge in [-0.1, -0.05) is 41.4 Å². The molecule has 0 radical (unpaired) electrons. The van der Waals surface area contributed by atoms with Crippen molar-refractivity contribution in [2.45, 2.75) is 6.92 Å². The molecule has 4 rings (SSSR count). The molecular weight excluding hydrogens is 431 g/mol. The second-order valence-corrected chi connectivity index (χ2v) is 7.85. The Labute approximate surface area is 191 Å². The van der Waals surface area contributed by atoms with Gasteiger partial charge < -0.3 is 14.6 Å². The van der Waals surface area contributed by atoms with Crippen LogP contribution in [-0.2, 0) is 0 Å². The van der Waals surface area contributed by atoms with Crippen LogP contribution in [0.1, 0.15) is 16.1 Å². The molecule has 31 heavy (non-hydrogen) atoms. The maximum atomic E-state index is 13.1. The van der Waals surface area contributed by atoms with Crippen LogP contribution in [0.3, 0.4) is 0 Å². The SMILES string of the molecule is COc1ccc(-n2c(-c3ccc(Cl)cc3Cl)cc(C(=O)Nc3ccccc3)c2C)cc1. The lowest BCUT2D eigenvalue weighted by Crippen LogP contribution is -2.13. The van der Waals surface area contributed by atoms with Crippen molar-refractivity contribution in [3.05, 3.63) is 100 Å². The Balaban J connectivity index is 1.85. The van der Waals surface area contributed by atoms with Crippen molar-refractivity contribution in [3.63, 3.8) is 0 Å². The lowest BCUT2D eigenvalue weighted by Gasteiger charge is -2.14. The summed E-state index contributed by atoms with van der Waals surface area (Å²) in [5.41, 5.74) is 4.54. The molecule has 1 aromatic heterocycles. The van der Waals surface area contributed by atoms with Gasteiger partial charge in [-0.3, -0.25) is 4.79 Å². The number of anilines is 1. The molecule has 0 fully saturated rings. The average molecular weight is 451 g/mol. The van der Waals surface area contributed by atoms with E-state index in [4.69, 9.17) is 27.9 Å². The number of benzene rings is 3. The number of carbonyl (C=O) groups excluding carboxylic acids is 1. The van der Waals surface area contributed by atoms with E-state index in [0.717, 1.165) is 34.1 Å². The van der Waals surface area contributed by atoms with Gasteiger partial charge in [-0.05, 0) is 67.6 Å². The van der Waals surface area contributed by atoms with Crippen LogP contribution >= 0.6 is 23.2 Å². The van der Waals surface area contributed by atoms with Crippen molar-refractivity contribution in [3.8, 4) is 22.7 Å². The Morgan fingerprint density at radius 3 is 2.29 bits per heavy atom. The summed E-state index contributed by atoms with van der Waals surface area (Å²) in [5, 5.41) is 4.02. The summed E-state index contributed by atoms with van der Waals surface area (Å²) in [5.74, 6) is 0.559. The highest BCUT2D eigenvalue weighted by Gasteiger charge is 2.21. The minimum Gasteiger partial charge on any atom is -0.497 e. The van der Waals surface area contributed by atoms with E-state index >= 15 is 0 Å². The number of aromatic nitrogens is 1. The van der Waals surface area contributed by atoms with Crippen molar-refractivity contribution < 1.29 is 9.53 Å². The van der Waals surface area contributed by atoms with Crippen molar-refractivity contribution in [1.29, 1.82) is 0 Å². The highest BCUT2D eigenvalue weighted by atomic mass is 35.5. The maximum absolute atomic E-state index is 13.1. The molecule has 1 N–H and O–H groups in total. The molecule has 0 saturated heterocycles. The second-order valence-electron chi connectivity index (χ2n) is 7.01. The van der Waals surface area contributed by atoms with Crippen molar-refractivity contribution in [2.75, 3.05) is 12.4 Å². The zero-order valence-corrected chi connectivity index (χ0v) is 18.5. The minimum absolute atomic E-state index is 0.192.